The summed E-state index contributed by atoms with van der Waals surface area (Å²) in [7, 11) is 0. The van der Waals surface area contributed by atoms with Crippen LogP contribution in [0.5, 0.6) is 0 Å². The van der Waals surface area contributed by atoms with Gasteiger partial charge in [-0.05, 0) is 180 Å². The highest BCUT2D eigenvalue weighted by atomic mass is 14.4. The first-order valence-corrected chi connectivity index (χ1v) is 22.0. The van der Waals surface area contributed by atoms with Gasteiger partial charge in [-0.2, -0.15) is 0 Å². The zero-order valence-electron chi connectivity index (χ0n) is 39.7. The minimum Gasteiger partial charge on any atom is -0.0917 e. The molecule has 8 unspecified atom stereocenters. The Balaban J connectivity index is 0. The van der Waals surface area contributed by atoms with Gasteiger partial charge in [0, 0.05) is 0 Å². The van der Waals surface area contributed by atoms with Crippen LogP contribution in [-0.2, 0) is 0 Å². The number of hydrogen-bond donors (Lipinski definition) is 0. The summed E-state index contributed by atoms with van der Waals surface area (Å²) in [5.41, 5.74) is 12.9. The Hall–Kier alpha value is -1.56. The molecule has 0 bridgehead atoms. The molecule has 0 radical (unpaired) electrons. The first-order chi connectivity index (χ1) is 24.1. The van der Waals surface area contributed by atoms with Crippen LogP contribution in [0.4, 0.5) is 0 Å². The zero-order chi connectivity index (χ0) is 40.9. The lowest BCUT2D eigenvalue weighted by Crippen LogP contribution is -2.29. The third kappa shape index (κ3) is 19.7. The lowest BCUT2D eigenvalue weighted by Gasteiger charge is -2.38. The standard InChI is InChI=1S/2C7H14.4C7H12.2C5H10/c6*1-5-4-6(2)7(5)3;2*1-3-5-4-2/h2*5-7H,4H2,1-3H3;4*5H,4H2,1-3H3;2*3,5H,4H2,1-2H3. The van der Waals surface area contributed by atoms with Crippen molar-refractivity contribution in [2.75, 3.05) is 0 Å². The van der Waals surface area contributed by atoms with Gasteiger partial charge in [0.1, 0.15) is 0 Å². The van der Waals surface area contributed by atoms with Gasteiger partial charge in [-0.25, -0.2) is 0 Å². The van der Waals surface area contributed by atoms with Crippen molar-refractivity contribution >= 4 is 0 Å². The van der Waals surface area contributed by atoms with Crippen molar-refractivity contribution in [2.45, 2.75) is 204 Å². The van der Waals surface area contributed by atoms with E-state index in [1.54, 1.807) is 44.6 Å². The van der Waals surface area contributed by atoms with E-state index in [1.165, 1.54) is 38.5 Å². The van der Waals surface area contributed by atoms with Gasteiger partial charge in [-0.1, -0.05) is 152 Å². The van der Waals surface area contributed by atoms with Crippen LogP contribution in [0, 0.1) is 59.2 Å². The third-order valence-corrected chi connectivity index (χ3v) is 14.1. The fraction of sp³-hybridized carbons (Fsp3) is 0.769. The zero-order valence-corrected chi connectivity index (χ0v) is 39.7. The molecule has 0 aliphatic heterocycles. The van der Waals surface area contributed by atoms with Crippen molar-refractivity contribution in [2.24, 2.45) is 59.2 Å². The number of hydrogen-bond acceptors (Lipinski definition) is 0. The first kappa shape index (κ1) is 52.5. The van der Waals surface area contributed by atoms with Gasteiger partial charge < -0.3 is 0 Å². The van der Waals surface area contributed by atoms with Gasteiger partial charge in [0.25, 0.3) is 0 Å². The summed E-state index contributed by atoms with van der Waals surface area (Å²) in [5.74, 6) is 9.59. The van der Waals surface area contributed by atoms with Crippen molar-refractivity contribution in [1.82, 2.24) is 0 Å². The molecule has 0 heterocycles. The molecule has 6 aliphatic rings. The van der Waals surface area contributed by atoms with Crippen molar-refractivity contribution < 1.29 is 0 Å². The van der Waals surface area contributed by atoms with E-state index in [9.17, 15) is 0 Å². The van der Waals surface area contributed by atoms with E-state index >= 15 is 0 Å². The predicted molar refractivity (Wildman–Crippen MR) is 243 cm³/mol. The predicted octanol–water partition coefficient (Wildman–Crippen LogP) is 18.0. The van der Waals surface area contributed by atoms with Crippen LogP contribution in [0.3, 0.4) is 0 Å². The lowest BCUT2D eigenvalue weighted by atomic mass is 9.68. The van der Waals surface area contributed by atoms with Gasteiger partial charge in [0.2, 0.25) is 0 Å². The van der Waals surface area contributed by atoms with Crippen LogP contribution in [0.25, 0.3) is 0 Å². The first-order valence-electron chi connectivity index (χ1n) is 22.0. The molecular weight excluding hydrogens is 625 g/mol. The fourth-order valence-corrected chi connectivity index (χ4v) is 7.48. The van der Waals surface area contributed by atoms with Gasteiger partial charge in [-0.3, -0.25) is 0 Å². The molecule has 0 aromatic heterocycles. The van der Waals surface area contributed by atoms with Crippen molar-refractivity contribution in [3.8, 4) is 0 Å². The van der Waals surface area contributed by atoms with Crippen LogP contribution >= 0.6 is 0 Å². The summed E-state index contributed by atoms with van der Waals surface area (Å²) in [6.45, 7) is 49.2. The molecule has 0 saturated heterocycles. The van der Waals surface area contributed by atoms with E-state index in [2.05, 4.69) is 163 Å². The van der Waals surface area contributed by atoms with Crippen LogP contribution in [0.1, 0.15) is 204 Å². The van der Waals surface area contributed by atoms with E-state index in [0.29, 0.717) is 0 Å². The Morgan fingerprint density at radius 3 is 0.577 bits per heavy atom. The molecule has 2 fully saturated rings. The second-order valence-electron chi connectivity index (χ2n) is 18.3. The highest BCUT2D eigenvalue weighted by molar-refractivity contribution is 5.25. The summed E-state index contributed by atoms with van der Waals surface area (Å²) in [6, 6.07) is 0. The topological polar surface area (TPSA) is 0 Å². The third-order valence-electron chi connectivity index (χ3n) is 14.1. The van der Waals surface area contributed by atoms with Crippen LogP contribution in [0.15, 0.2) is 68.9 Å². The summed E-state index contributed by atoms with van der Waals surface area (Å²) >= 11 is 0. The summed E-state index contributed by atoms with van der Waals surface area (Å²) < 4.78 is 0. The minimum absolute atomic E-state index is 0.889. The van der Waals surface area contributed by atoms with Crippen LogP contribution in [-0.4, -0.2) is 0 Å². The molecule has 2 saturated carbocycles. The Kier molecular flexibility index (Phi) is 28.2. The monoisotopic (exact) mass is 721 g/mol. The molecule has 0 spiro atoms. The Morgan fingerprint density at radius 1 is 0.385 bits per heavy atom. The smallest absolute Gasteiger partial charge is 0.0195 e. The second kappa shape index (κ2) is 27.9. The number of rotatable bonds is 2. The quantitative estimate of drug-likeness (QED) is 0.249. The maximum absolute atomic E-state index is 2.35. The summed E-state index contributed by atoms with van der Waals surface area (Å²) in [5, 5.41) is 0. The van der Waals surface area contributed by atoms with Crippen molar-refractivity contribution in [3.63, 3.8) is 0 Å². The van der Waals surface area contributed by atoms with Crippen molar-refractivity contribution in [1.29, 1.82) is 0 Å². The van der Waals surface area contributed by atoms with Crippen LogP contribution < -0.4 is 0 Å². The van der Waals surface area contributed by atoms with Crippen LogP contribution in [0.2, 0.25) is 0 Å². The van der Waals surface area contributed by atoms with E-state index in [1.807, 2.05) is 13.8 Å². The molecule has 304 valence electrons. The molecule has 0 aromatic carbocycles. The maximum Gasteiger partial charge on any atom is -0.0195 e. The molecule has 0 aromatic rings. The number of allylic oxidation sites excluding steroid dienone is 12. The second-order valence-corrected chi connectivity index (χ2v) is 18.3. The molecule has 0 N–H and O–H groups in total. The van der Waals surface area contributed by atoms with E-state index < -0.39 is 0 Å². The SMILES string of the molecule is CC1=C(C)C(C)C1.CC1=C(C)C(C)C1.CC1=C(C)C(C)C1.CC1=C(C)C(C)C1.CC1CC(C)C1C.CC1CC(C)C1C.CC=CCC.CC=CCC. The lowest BCUT2D eigenvalue weighted by molar-refractivity contribution is 0.120. The van der Waals surface area contributed by atoms with Gasteiger partial charge in [0.05, 0.1) is 0 Å². The average Bonchev–Trinajstić information content (AvgIpc) is 3.14. The molecular formula is C52H96. The largest absolute Gasteiger partial charge is 0.0917 e. The Bertz CT molecular complexity index is 992. The maximum atomic E-state index is 2.35. The molecule has 0 heteroatoms. The summed E-state index contributed by atoms with van der Waals surface area (Å²) in [6.07, 6.45) is 19.0. The molecule has 6 aliphatic carbocycles. The highest BCUT2D eigenvalue weighted by Gasteiger charge is 2.30. The van der Waals surface area contributed by atoms with E-state index in [-0.39, 0.29) is 0 Å². The van der Waals surface area contributed by atoms with Gasteiger partial charge in [-0.15, -0.1) is 0 Å². The highest BCUT2D eigenvalue weighted by Crippen LogP contribution is 2.39. The van der Waals surface area contributed by atoms with Gasteiger partial charge in [0.15, 0.2) is 0 Å². The molecule has 6 rings (SSSR count). The van der Waals surface area contributed by atoms with Crippen molar-refractivity contribution in [3.05, 3.63) is 68.9 Å². The fourth-order valence-electron chi connectivity index (χ4n) is 7.48. The van der Waals surface area contributed by atoms with E-state index in [4.69, 9.17) is 0 Å². The molecule has 8 atom stereocenters. The molecule has 0 nitrogen and oxygen atoms in total. The molecule has 52 heavy (non-hydrogen) atoms. The Labute approximate surface area is 330 Å². The Morgan fingerprint density at radius 2 is 0.577 bits per heavy atom. The van der Waals surface area contributed by atoms with Gasteiger partial charge >= 0.3 is 0 Å². The summed E-state index contributed by atoms with van der Waals surface area (Å²) in [4.78, 5) is 0. The minimum atomic E-state index is 0.889. The van der Waals surface area contributed by atoms with E-state index in [0.717, 1.165) is 72.0 Å². The average molecular weight is 721 g/mol. The normalized spacial score (nSPS) is 32.0. The molecule has 0 amide bonds.